The topological polar surface area (TPSA) is 82.7 Å². The van der Waals surface area contributed by atoms with Crippen molar-refractivity contribution in [2.75, 3.05) is 10.6 Å². The number of aryl methyl sites for hydroxylation is 1. The van der Waals surface area contributed by atoms with Crippen LogP contribution in [0.15, 0.2) is 36.5 Å². The molecule has 0 saturated heterocycles. The second-order valence-corrected chi connectivity index (χ2v) is 6.74. The first-order valence-corrected chi connectivity index (χ1v) is 7.84. The summed E-state index contributed by atoms with van der Waals surface area (Å²) in [6.45, 7) is 8.12. The van der Waals surface area contributed by atoms with Gasteiger partial charge in [0.1, 0.15) is 17.0 Å². The highest BCUT2D eigenvalue weighted by molar-refractivity contribution is 6.07. The van der Waals surface area contributed by atoms with Crippen LogP contribution in [0.25, 0.3) is 11.0 Å². The van der Waals surface area contributed by atoms with E-state index in [1.807, 2.05) is 25.1 Å². The number of aromatic amines is 1. The summed E-state index contributed by atoms with van der Waals surface area (Å²) in [6.07, 6.45) is 1.71. The van der Waals surface area contributed by atoms with E-state index in [0.717, 1.165) is 17.0 Å². The molecule has 1 aromatic carbocycles. The van der Waals surface area contributed by atoms with Crippen LogP contribution in [-0.4, -0.2) is 26.4 Å². The molecule has 124 valence electrons. The van der Waals surface area contributed by atoms with Crippen LogP contribution in [0.5, 0.6) is 0 Å². The minimum absolute atomic E-state index is 0.129. The number of benzene rings is 1. The quantitative estimate of drug-likeness (QED) is 0.686. The zero-order valence-corrected chi connectivity index (χ0v) is 14.3. The third-order valence-corrected chi connectivity index (χ3v) is 3.45. The van der Waals surface area contributed by atoms with Gasteiger partial charge in [-0.1, -0.05) is 6.07 Å². The van der Waals surface area contributed by atoms with Gasteiger partial charge in [0.25, 0.3) is 5.91 Å². The number of nitrogens with one attached hydrogen (secondary N) is 3. The van der Waals surface area contributed by atoms with Gasteiger partial charge in [0.15, 0.2) is 0 Å². The zero-order chi connectivity index (χ0) is 17.3. The lowest BCUT2D eigenvalue weighted by atomic mass is 10.1. The Hall–Kier alpha value is -2.89. The number of hydrogen-bond donors (Lipinski definition) is 3. The molecule has 0 fully saturated rings. The number of carbonyl (C=O) groups excluding carboxylic acids is 1. The van der Waals surface area contributed by atoms with Crippen molar-refractivity contribution in [1.82, 2.24) is 15.0 Å². The van der Waals surface area contributed by atoms with Gasteiger partial charge in [0.05, 0.1) is 16.9 Å². The summed E-state index contributed by atoms with van der Waals surface area (Å²) in [5.41, 5.74) is 3.24. The highest BCUT2D eigenvalue weighted by atomic mass is 16.1. The Bertz CT molecular complexity index is 878. The van der Waals surface area contributed by atoms with Crippen LogP contribution in [-0.2, 0) is 0 Å². The van der Waals surface area contributed by atoms with E-state index < -0.39 is 0 Å². The molecule has 0 aliphatic heterocycles. The molecule has 0 aliphatic carbocycles. The van der Waals surface area contributed by atoms with Crippen molar-refractivity contribution in [1.29, 1.82) is 0 Å². The Morgan fingerprint density at radius 3 is 2.58 bits per heavy atom. The number of fused-ring (bicyclic) bond motifs is 1. The summed E-state index contributed by atoms with van der Waals surface area (Å²) in [5.74, 6) is 0.511. The molecule has 1 amide bonds. The first-order chi connectivity index (χ1) is 11.3. The number of H-pyrrole nitrogens is 1. The van der Waals surface area contributed by atoms with Gasteiger partial charge >= 0.3 is 0 Å². The summed E-state index contributed by atoms with van der Waals surface area (Å²) < 4.78 is 0. The Labute approximate surface area is 140 Å². The lowest BCUT2D eigenvalue weighted by Gasteiger charge is -2.22. The molecule has 3 N–H and O–H groups in total. The van der Waals surface area contributed by atoms with Gasteiger partial charge in [-0.25, -0.2) is 9.97 Å². The number of amides is 1. The van der Waals surface area contributed by atoms with Gasteiger partial charge in [-0.15, -0.1) is 0 Å². The largest absolute Gasteiger partial charge is 0.364 e. The third kappa shape index (κ3) is 3.37. The minimum atomic E-state index is -0.208. The predicted molar refractivity (Wildman–Crippen MR) is 96.4 cm³/mol. The van der Waals surface area contributed by atoms with E-state index in [1.165, 1.54) is 0 Å². The van der Waals surface area contributed by atoms with E-state index in [0.29, 0.717) is 16.9 Å². The Balaban J connectivity index is 2.02. The molecule has 0 radical (unpaired) electrons. The molecule has 0 bridgehead atoms. The van der Waals surface area contributed by atoms with Gasteiger partial charge in [-0.3, -0.25) is 4.79 Å². The maximum absolute atomic E-state index is 12.3. The molecule has 0 atom stereocenters. The normalized spacial score (nSPS) is 11.5. The van der Waals surface area contributed by atoms with E-state index in [9.17, 15) is 4.79 Å². The zero-order valence-electron chi connectivity index (χ0n) is 14.3. The predicted octanol–water partition coefficient (Wildman–Crippen LogP) is 3.73. The van der Waals surface area contributed by atoms with E-state index >= 15 is 0 Å². The summed E-state index contributed by atoms with van der Waals surface area (Å²) >= 11 is 0. The summed E-state index contributed by atoms with van der Waals surface area (Å²) in [7, 11) is 0. The lowest BCUT2D eigenvalue weighted by Crippen LogP contribution is -2.27. The maximum Gasteiger partial charge on any atom is 0.272 e. The lowest BCUT2D eigenvalue weighted by molar-refractivity contribution is 0.102. The SMILES string of the molecule is Cc1nc2cccc(NC(=O)c3ccc[nH]3)c2nc1NC(C)(C)C. The molecular weight excluding hydrogens is 302 g/mol. The van der Waals surface area contributed by atoms with Gasteiger partial charge in [0, 0.05) is 11.7 Å². The highest BCUT2D eigenvalue weighted by Gasteiger charge is 2.16. The molecule has 0 aliphatic rings. The van der Waals surface area contributed by atoms with Gasteiger partial charge in [-0.05, 0) is 52.0 Å². The van der Waals surface area contributed by atoms with E-state index in [-0.39, 0.29) is 11.4 Å². The minimum Gasteiger partial charge on any atom is -0.364 e. The molecule has 24 heavy (non-hydrogen) atoms. The van der Waals surface area contributed by atoms with E-state index in [1.54, 1.807) is 18.3 Å². The average Bonchev–Trinajstić information content (AvgIpc) is 3.01. The number of rotatable bonds is 3. The fourth-order valence-electron chi connectivity index (χ4n) is 2.40. The maximum atomic E-state index is 12.3. The number of hydrogen-bond acceptors (Lipinski definition) is 4. The van der Waals surface area contributed by atoms with Crippen LogP contribution in [0, 0.1) is 6.92 Å². The molecular formula is C18H21N5O. The number of para-hydroxylation sites is 1. The summed E-state index contributed by atoms with van der Waals surface area (Å²) in [4.78, 5) is 24.5. The molecule has 0 unspecified atom stereocenters. The molecule has 3 rings (SSSR count). The Morgan fingerprint density at radius 1 is 1.12 bits per heavy atom. The Morgan fingerprint density at radius 2 is 1.92 bits per heavy atom. The van der Waals surface area contributed by atoms with Crippen molar-refractivity contribution < 1.29 is 4.79 Å². The van der Waals surface area contributed by atoms with Crippen LogP contribution in [0.1, 0.15) is 37.0 Å². The Kier molecular flexibility index (Phi) is 3.97. The number of aromatic nitrogens is 3. The van der Waals surface area contributed by atoms with Gasteiger partial charge in [-0.2, -0.15) is 0 Å². The van der Waals surface area contributed by atoms with Crippen LogP contribution < -0.4 is 10.6 Å². The molecule has 6 heteroatoms. The first kappa shape index (κ1) is 16.0. The van der Waals surface area contributed by atoms with Crippen LogP contribution in [0.2, 0.25) is 0 Å². The standard InChI is InChI=1S/C18H21N5O/c1-11-16(23-18(2,3)4)22-15-12(20-11)7-5-8-13(15)21-17(24)14-9-6-10-19-14/h5-10,19H,1-4H3,(H,21,24)(H,22,23). The molecule has 6 nitrogen and oxygen atoms in total. The second-order valence-electron chi connectivity index (χ2n) is 6.74. The molecule has 3 aromatic rings. The fraction of sp³-hybridized carbons (Fsp3) is 0.278. The molecule has 0 spiro atoms. The fourth-order valence-corrected chi connectivity index (χ4v) is 2.40. The van der Waals surface area contributed by atoms with Crippen molar-refractivity contribution in [2.24, 2.45) is 0 Å². The van der Waals surface area contributed by atoms with Crippen molar-refractivity contribution in [3.63, 3.8) is 0 Å². The van der Waals surface area contributed by atoms with Crippen molar-refractivity contribution >= 4 is 28.4 Å². The summed E-state index contributed by atoms with van der Waals surface area (Å²) in [6, 6.07) is 9.08. The number of anilines is 2. The summed E-state index contributed by atoms with van der Waals surface area (Å²) in [5, 5.41) is 6.25. The molecule has 2 aromatic heterocycles. The van der Waals surface area contributed by atoms with E-state index in [4.69, 9.17) is 4.98 Å². The van der Waals surface area contributed by atoms with Crippen molar-refractivity contribution in [3.8, 4) is 0 Å². The molecule has 0 saturated carbocycles. The average molecular weight is 323 g/mol. The van der Waals surface area contributed by atoms with Crippen molar-refractivity contribution in [2.45, 2.75) is 33.2 Å². The third-order valence-electron chi connectivity index (χ3n) is 3.45. The first-order valence-electron chi connectivity index (χ1n) is 7.84. The van der Waals surface area contributed by atoms with E-state index in [2.05, 4.69) is 41.4 Å². The van der Waals surface area contributed by atoms with Crippen molar-refractivity contribution in [3.05, 3.63) is 47.9 Å². The second kappa shape index (κ2) is 5.96. The highest BCUT2D eigenvalue weighted by Crippen LogP contribution is 2.25. The molecule has 2 heterocycles. The monoisotopic (exact) mass is 323 g/mol. The van der Waals surface area contributed by atoms with Gasteiger partial charge in [0.2, 0.25) is 0 Å². The number of carbonyl (C=O) groups is 1. The van der Waals surface area contributed by atoms with Crippen LogP contribution in [0.3, 0.4) is 0 Å². The van der Waals surface area contributed by atoms with Crippen LogP contribution >= 0.6 is 0 Å². The smallest absolute Gasteiger partial charge is 0.272 e. The number of nitrogens with zero attached hydrogens (tertiary/aromatic N) is 2. The van der Waals surface area contributed by atoms with Gasteiger partial charge < -0.3 is 15.6 Å². The van der Waals surface area contributed by atoms with Crippen LogP contribution in [0.4, 0.5) is 11.5 Å².